The van der Waals surface area contributed by atoms with Gasteiger partial charge in [-0.05, 0) is 54.2 Å². The summed E-state index contributed by atoms with van der Waals surface area (Å²) in [4.78, 5) is 0. The van der Waals surface area contributed by atoms with Gasteiger partial charge in [-0.1, -0.05) is 18.2 Å². The number of nitrogens with two attached hydrogens (primary N) is 1. The monoisotopic (exact) mass is 246 g/mol. The second-order valence-corrected chi connectivity index (χ2v) is 5.71. The van der Waals surface area contributed by atoms with Gasteiger partial charge in [-0.3, -0.25) is 0 Å². The molecule has 1 aromatic carbocycles. The Balaban J connectivity index is 1.92. The Morgan fingerprint density at radius 2 is 2.00 bits per heavy atom. The number of benzene rings is 1. The van der Waals surface area contributed by atoms with E-state index in [1.807, 2.05) is 11.3 Å². The number of fused-ring (bicyclic) bond motifs is 1. The first-order valence-corrected chi connectivity index (χ1v) is 7.16. The Hall–Kier alpha value is -0.900. The zero-order valence-corrected chi connectivity index (χ0v) is 10.7. The van der Waals surface area contributed by atoms with E-state index in [1.54, 1.807) is 0 Å². The van der Waals surface area contributed by atoms with Crippen LogP contribution in [-0.4, -0.2) is 13.1 Å². The van der Waals surface area contributed by atoms with Gasteiger partial charge in [0.1, 0.15) is 0 Å². The van der Waals surface area contributed by atoms with Gasteiger partial charge in [-0.15, -0.1) is 11.3 Å². The molecule has 3 heteroatoms. The van der Waals surface area contributed by atoms with Gasteiger partial charge in [-0.25, -0.2) is 0 Å². The number of piperidine rings is 1. The fraction of sp³-hybridized carbons (Fsp3) is 0.429. The van der Waals surface area contributed by atoms with E-state index in [4.69, 9.17) is 5.73 Å². The summed E-state index contributed by atoms with van der Waals surface area (Å²) in [6, 6.07) is 8.78. The molecular formula is C14H18N2S. The van der Waals surface area contributed by atoms with Crippen molar-refractivity contribution >= 4 is 21.4 Å². The second kappa shape index (κ2) is 4.77. The summed E-state index contributed by atoms with van der Waals surface area (Å²) < 4.78 is 1.35. The zero-order valence-electron chi connectivity index (χ0n) is 9.86. The van der Waals surface area contributed by atoms with Gasteiger partial charge in [0.2, 0.25) is 0 Å². The van der Waals surface area contributed by atoms with Crippen molar-refractivity contribution in [2.75, 3.05) is 13.1 Å². The minimum atomic E-state index is 0.202. The minimum absolute atomic E-state index is 0.202. The lowest BCUT2D eigenvalue weighted by molar-refractivity contribution is 0.323. The lowest BCUT2D eigenvalue weighted by Gasteiger charge is -2.28. The summed E-state index contributed by atoms with van der Waals surface area (Å²) in [6.07, 6.45) is 2.40. The van der Waals surface area contributed by atoms with Crippen LogP contribution >= 0.6 is 11.3 Å². The fourth-order valence-electron chi connectivity index (χ4n) is 2.71. The Kier molecular flexibility index (Phi) is 3.14. The number of rotatable bonds is 2. The van der Waals surface area contributed by atoms with Crippen LogP contribution < -0.4 is 11.1 Å². The Morgan fingerprint density at radius 3 is 2.82 bits per heavy atom. The molecule has 3 rings (SSSR count). The highest BCUT2D eigenvalue weighted by atomic mass is 32.1. The normalized spacial score (nSPS) is 19.6. The van der Waals surface area contributed by atoms with Crippen LogP contribution in [0.4, 0.5) is 0 Å². The molecule has 2 nitrogen and oxygen atoms in total. The topological polar surface area (TPSA) is 38.0 Å². The maximum Gasteiger partial charge on any atom is 0.0346 e. The van der Waals surface area contributed by atoms with Crippen LogP contribution in [0.15, 0.2) is 29.6 Å². The highest BCUT2D eigenvalue weighted by Crippen LogP contribution is 2.34. The van der Waals surface area contributed by atoms with Crippen molar-refractivity contribution in [1.82, 2.24) is 5.32 Å². The third-order valence-corrected chi connectivity index (χ3v) is 4.74. The SMILES string of the molecule is N[C@@H](c1csc2ccccc12)C1CCNCC1. The Morgan fingerprint density at radius 1 is 1.24 bits per heavy atom. The highest BCUT2D eigenvalue weighted by molar-refractivity contribution is 7.17. The molecule has 0 radical (unpaired) electrons. The highest BCUT2D eigenvalue weighted by Gasteiger charge is 2.23. The van der Waals surface area contributed by atoms with Gasteiger partial charge in [0.25, 0.3) is 0 Å². The van der Waals surface area contributed by atoms with Crippen molar-refractivity contribution < 1.29 is 0 Å². The molecule has 3 N–H and O–H groups in total. The predicted octanol–water partition coefficient (Wildman–Crippen LogP) is 2.90. The maximum atomic E-state index is 6.46. The molecule has 1 aliphatic rings. The van der Waals surface area contributed by atoms with Crippen LogP contribution in [0.5, 0.6) is 0 Å². The molecule has 1 aromatic heterocycles. The molecule has 0 amide bonds. The van der Waals surface area contributed by atoms with E-state index in [0.29, 0.717) is 5.92 Å². The molecule has 2 aromatic rings. The van der Waals surface area contributed by atoms with E-state index >= 15 is 0 Å². The van der Waals surface area contributed by atoms with Gasteiger partial charge in [0, 0.05) is 10.7 Å². The van der Waals surface area contributed by atoms with Crippen molar-refractivity contribution in [2.45, 2.75) is 18.9 Å². The van der Waals surface area contributed by atoms with Gasteiger partial charge in [0.05, 0.1) is 0 Å². The van der Waals surface area contributed by atoms with Crippen LogP contribution in [-0.2, 0) is 0 Å². The second-order valence-electron chi connectivity index (χ2n) is 4.80. The van der Waals surface area contributed by atoms with Gasteiger partial charge >= 0.3 is 0 Å². The predicted molar refractivity (Wildman–Crippen MR) is 74.3 cm³/mol. The number of hydrogen-bond acceptors (Lipinski definition) is 3. The van der Waals surface area contributed by atoms with Crippen LogP contribution in [0.3, 0.4) is 0 Å². The molecule has 0 aliphatic carbocycles. The molecule has 90 valence electrons. The quantitative estimate of drug-likeness (QED) is 0.855. The number of thiophene rings is 1. The Bertz CT molecular complexity index is 500. The number of nitrogens with one attached hydrogen (secondary N) is 1. The lowest BCUT2D eigenvalue weighted by Crippen LogP contribution is -2.33. The van der Waals surface area contributed by atoms with Crippen molar-refractivity contribution in [1.29, 1.82) is 0 Å². The van der Waals surface area contributed by atoms with E-state index in [0.717, 1.165) is 13.1 Å². The summed E-state index contributed by atoms with van der Waals surface area (Å²) in [5, 5.41) is 7.00. The molecule has 0 unspecified atom stereocenters. The molecule has 0 spiro atoms. The summed E-state index contributed by atoms with van der Waals surface area (Å²) in [5.74, 6) is 0.634. The average Bonchev–Trinajstić information content (AvgIpc) is 2.83. The largest absolute Gasteiger partial charge is 0.324 e. The average molecular weight is 246 g/mol. The summed E-state index contributed by atoms with van der Waals surface area (Å²) in [6.45, 7) is 2.22. The molecule has 1 atom stereocenters. The minimum Gasteiger partial charge on any atom is -0.324 e. The molecule has 1 aliphatic heterocycles. The molecule has 2 heterocycles. The van der Waals surface area contributed by atoms with Crippen LogP contribution in [0, 0.1) is 5.92 Å². The standard InChI is InChI=1S/C14H18N2S/c15-14(10-5-7-16-8-6-10)12-9-17-13-4-2-1-3-11(12)13/h1-4,9-10,14,16H,5-8,15H2/t14-/m1/s1. The third kappa shape index (κ3) is 2.10. The first-order chi connectivity index (χ1) is 8.36. The van der Waals surface area contributed by atoms with E-state index in [2.05, 4.69) is 35.0 Å². The van der Waals surface area contributed by atoms with E-state index in [-0.39, 0.29) is 6.04 Å². The van der Waals surface area contributed by atoms with Crippen LogP contribution in [0.2, 0.25) is 0 Å². The fourth-order valence-corrected chi connectivity index (χ4v) is 3.72. The van der Waals surface area contributed by atoms with Gasteiger partial charge in [0.15, 0.2) is 0 Å². The van der Waals surface area contributed by atoms with Crippen molar-refractivity contribution in [3.8, 4) is 0 Å². The zero-order chi connectivity index (χ0) is 11.7. The van der Waals surface area contributed by atoms with E-state index < -0.39 is 0 Å². The molecule has 1 saturated heterocycles. The van der Waals surface area contributed by atoms with Crippen molar-refractivity contribution in [2.24, 2.45) is 11.7 Å². The van der Waals surface area contributed by atoms with Crippen LogP contribution in [0.25, 0.3) is 10.1 Å². The smallest absolute Gasteiger partial charge is 0.0346 e. The summed E-state index contributed by atoms with van der Waals surface area (Å²) in [5.41, 5.74) is 7.80. The van der Waals surface area contributed by atoms with Gasteiger partial charge in [-0.2, -0.15) is 0 Å². The maximum absolute atomic E-state index is 6.46. The molecule has 0 saturated carbocycles. The number of hydrogen-bond donors (Lipinski definition) is 2. The van der Waals surface area contributed by atoms with Gasteiger partial charge < -0.3 is 11.1 Å². The Labute approximate surface area is 106 Å². The first-order valence-electron chi connectivity index (χ1n) is 6.28. The third-order valence-electron chi connectivity index (χ3n) is 3.76. The van der Waals surface area contributed by atoms with E-state index in [9.17, 15) is 0 Å². The van der Waals surface area contributed by atoms with E-state index in [1.165, 1.54) is 28.5 Å². The van der Waals surface area contributed by atoms with Crippen molar-refractivity contribution in [3.63, 3.8) is 0 Å². The summed E-state index contributed by atoms with van der Waals surface area (Å²) in [7, 11) is 0. The summed E-state index contributed by atoms with van der Waals surface area (Å²) >= 11 is 1.81. The molecule has 1 fully saturated rings. The molecule has 0 bridgehead atoms. The molecule has 17 heavy (non-hydrogen) atoms. The van der Waals surface area contributed by atoms with Crippen LogP contribution in [0.1, 0.15) is 24.4 Å². The first kappa shape index (κ1) is 11.2. The lowest BCUT2D eigenvalue weighted by atomic mass is 9.86. The molecular weight excluding hydrogens is 228 g/mol. The van der Waals surface area contributed by atoms with Crippen molar-refractivity contribution in [3.05, 3.63) is 35.2 Å².